The summed E-state index contributed by atoms with van der Waals surface area (Å²) in [6.07, 6.45) is -7.75. The van der Waals surface area contributed by atoms with Gasteiger partial charge in [0.1, 0.15) is 16.5 Å². The average Bonchev–Trinajstić information content (AvgIpc) is 2.97. The zero-order chi connectivity index (χ0) is 34.7. The van der Waals surface area contributed by atoms with Gasteiger partial charge in [-0.15, -0.1) is 0 Å². The fourth-order valence-electron chi connectivity index (χ4n) is 4.05. The highest BCUT2D eigenvalue weighted by Crippen LogP contribution is 2.36. The van der Waals surface area contributed by atoms with Crippen molar-refractivity contribution in [3.05, 3.63) is 78.2 Å². The number of nitrogens with zero attached hydrogens (tertiary/aromatic N) is 4. The van der Waals surface area contributed by atoms with Gasteiger partial charge in [0, 0.05) is 25.4 Å². The number of hydrogen-bond donors (Lipinski definition) is 4. The average molecular weight is 686 g/mol. The first kappa shape index (κ1) is 34.9. The van der Waals surface area contributed by atoms with E-state index in [1.807, 2.05) is 0 Å². The summed E-state index contributed by atoms with van der Waals surface area (Å²) >= 11 is 0. The Labute approximate surface area is 263 Å². The molecule has 0 fully saturated rings. The third kappa shape index (κ3) is 8.63. The lowest BCUT2D eigenvalue weighted by molar-refractivity contribution is -0.138. The number of aromatic nitrogens is 3. The largest absolute Gasteiger partial charge is 0.424 e. The van der Waals surface area contributed by atoms with E-state index in [2.05, 4.69) is 25.6 Å². The van der Waals surface area contributed by atoms with Crippen LogP contribution in [0.2, 0.25) is 0 Å². The molecule has 2 amide bonds. The molecule has 2 heterocycles. The molecule has 0 radical (unpaired) electrons. The molecule has 0 saturated heterocycles. The van der Waals surface area contributed by atoms with E-state index in [-0.39, 0.29) is 35.4 Å². The zero-order valence-corrected chi connectivity index (χ0v) is 25.1. The number of carbonyl (C=O) groups excluding carboxylic acids is 1. The molecule has 4 rings (SSSR count). The second-order valence-electron chi connectivity index (χ2n) is 9.96. The Hall–Kier alpha value is -5.01. The number of nitrogens with two attached hydrogens (primary N) is 1. The van der Waals surface area contributed by atoms with E-state index >= 15 is 0 Å². The highest BCUT2D eigenvalue weighted by Gasteiger charge is 2.34. The molecule has 4 aromatic rings. The normalized spacial score (nSPS) is 12.9. The van der Waals surface area contributed by atoms with Gasteiger partial charge < -0.3 is 26.2 Å². The number of benzene rings is 2. The number of sulfonamides is 1. The van der Waals surface area contributed by atoms with Gasteiger partial charge >= 0.3 is 24.4 Å². The van der Waals surface area contributed by atoms with Gasteiger partial charge in [-0.2, -0.15) is 30.6 Å². The first-order chi connectivity index (χ1) is 21.8. The first-order valence-corrected chi connectivity index (χ1v) is 14.7. The SMILES string of the molecule is CC(O)CN(C)S(=O)(=O)c1ccc(C(F)(F)F)cc1NC(=O)Nc1cnc(Oc2ccc(-c3cc(C(F)(F)F)cnc3N)cc2)nc1. The number of aliphatic hydroxyl groups is 1. The van der Waals surface area contributed by atoms with Gasteiger partial charge in [-0.1, -0.05) is 12.1 Å². The number of anilines is 3. The Morgan fingerprint density at radius 1 is 0.936 bits per heavy atom. The number of rotatable bonds is 9. The maximum absolute atomic E-state index is 13.4. The second kappa shape index (κ2) is 13.4. The highest BCUT2D eigenvalue weighted by molar-refractivity contribution is 7.89. The fourth-order valence-corrected chi connectivity index (χ4v) is 5.43. The molecule has 0 saturated carbocycles. The topological polar surface area (TPSA) is 173 Å². The molecule has 0 spiro atoms. The number of likely N-dealkylation sites (N-methyl/N-ethyl adjacent to an activating group) is 1. The van der Waals surface area contributed by atoms with Crippen molar-refractivity contribution >= 4 is 33.2 Å². The van der Waals surface area contributed by atoms with Gasteiger partial charge in [-0.05, 0) is 48.9 Å². The molecule has 250 valence electrons. The molecular weight excluding hydrogens is 660 g/mol. The Kier molecular flexibility index (Phi) is 9.92. The summed E-state index contributed by atoms with van der Waals surface area (Å²) < 4.78 is 112. The van der Waals surface area contributed by atoms with E-state index in [9.17, 15) is 44.7 Å². The van der Waals surface area contributed by atoms with Crippen molar-refractivity contribution in [1.82, 2.24) is 19.3 Å². The fraction of sp³-hybridized carbons (Fsp3) is 0.214. The van der Waals surface area contributed by atoms with E-state index < -0.39 is 56.2 Å². The monoisotopic (exact) mass is 685 g/mol. The van der Waals surface area contributed by atoms with E-state index in [4.69, 9.17) is 10.5 Å². The smallest absolute Gasteiger partial charge is 0.417 e. The van der Waals surface area contributed by atoms with Crippen LogP contribution in [0.15, 0.2) is 72.0 Å². The lowest BCUT2D eigenvalue weighted by Crippen LogP contribution is -2.34. The Balaban J connectivity index is 1.47. The third-order valence-corrected chi connectivity index (χ3v) is 8.15. The predicted octanol–water partition coefficient (Wildman–Crippen LogP) is 5.60. The van der Waals surface area contributed by atoms with Crippen LogP contribution in [0.5, 0.6) is 11.8 Å². The number of amides is 2. The minimum absolute atomic E-state index is 0.0537. The summed E-state index contributed by atoms with van der Waals surface area (Å²) in [5.41, 5.74) is 3.20. The highest BCUT2D eigenvalue weighted by atomic mass is 32.2. The lowest BCUT2D eigenvalue weighted by Gasteiger charge is -2.21. The molecule has 0 aliphatic rings. The zero-order valence-electron chi connectivity index (χ0n) is 24.3. The van der Waals surface area contributed by atoms with Crippen molar-refractivity contribution in [2.24, 2.45) is 0 Å². The van der Waals surface area contributed by atoms with Gasteiger partial charge in [-0.3, -0.25) is 0 Å². The Bertz CT molecular complexity index is 1850. The van der Waals surface area contributed by atoms with Crippen LogP contribution in [-0.2, 0) is 22.4 Å². The molecule has 19 heteroatoms. The summed E-state index contributed by atoms with van der Waals surface area (Å²) in [5, 5.41) is 13.9. The number of alkyl halides is 6. The van der Waals surface area contributed by atoms with Gasteiger partial charge in [0.2, 0.25) is 10.0 Å². The molecule has 2 aromatic heterocycles. The number of pyridine rings is 1. The summed E-state index contributed by atoms with van der Waals surface area (Å²) in [7, 11) is -3.33. The summed E-state index contributed by atoms with van der Waals surface area (Å²) in [6.45, 7) is 0.950. The van der Waals surface area contributed by atoms with Crippen molar-refractivity contribution in [1.29, 1.82) is 0 Å². The Morgan fingerprint density at radius 3 is 2.13 bits per heavy atom. The minimum Gasteiger partial charge on any atom is -0.424 e. The number of ether oxygens (including phenoxy) is 1. The van der Waals surface area contributed by atoms with Crippen molar-refractivity contribution in [2.45, 2.75) is 30.3 Å². The molecule has 2 aromatic carbocycles. The molecule has 12 nitrogen and oxygen atoms in total. The van der Waals surface area contributed by atoms with Crippen LogP contribution in [-0.4, -0.2) is 58.5 Å². The third-order valence-electron chi connectivity index (χ3n) is 6.27. The quantitative estimate of drug-likeness (QED) is 0.164. The van der Waals surface area contributed by atoms with Gasteiger partial charge in [0.25, 0.3) is 0 Å². The number of halogens is 6. The molecule has 0 aliphatic carbocycles. The van der Waals surface area contributed by atoms with Gasteiger partial charge in [0.05, 0.1) is 41.0 Å². The van der Waals surface area contributed by atoms with Crippen molar-refractivity contribution < 1.29 is 49.4 Å². The van der Waals surface area contributed by atoms with Crippen LogP contribution in [0.25, 0.3) is 11.1 Å². The van der Waals surface area contributed by atoms with Crippen molar-refractivity contribution in [3.63, 3.8) is 0 Å². The number of nitrogens with one attached hydrogen (secondary N) is 2. The Morgan fingerprint density at radius 2 is 1.55 bits per heavy atom. The maximum atomic E-state index is 13.4. The van der Waals surface area contributed by atoms with Crippen LogP contribution in [0, 0.1) is 0 Å². The van der Waals surface area contributed by atoms with Crippen molar-refractivity contribution in [3.8, 4) is 22.9 Å². The molecule has 1 atom stereocenters. The molecule has 47 heavy (non-hydrogen) atoms. The van der Waals surface area contributed by atoms with Gasteiger partial charge in [0.15, 0.2) is 0 Å². The summed E-state index contributed by atoms with van der Waals surface area (Å²) in [4.78, 5) is 23.5. The maximum Gasteiger partial charge on any atom is 0.417 e. The van der Waals surface area contributed by atoms with Gasteiger partial charge in [-0.25, -0.2) is 28.2 Å². The van der Waals surface area contributed by atoms with E-state index in [1.54, 1.807) is 0 Å². The summed E-state index contributed by atoms with van der Waals surface area (Å²) in [5.74, 6) is 0.0706. The van der Waals surface area contributed by atoms with E-state index in [0.29, 0.717) is 30.0 Å². The lowest BCUT2D eigenvalue weighted by atomic mass is 10.0. The molecule has 5 N–H and O–H groups in total. The number of urea groups is 1. The predicted molar refractivity (Wildman–Crippen MR) is 157 cm³/mol. The van der Waals surface area contributed by atoms with Crippen LogP contribution in [0.3, 0.4) is 0 Å². The number of hydrogen-bond acceptors (Lipinski definition) is 9. The first-order valence-electron chi connectivity index (χ1n) is 13.2. The number of aliphatic hydroxyl groups excluding tert-OH is 1. The van der Waals surface area contributed by atoms with E-state index in [0.717, 1.165) is 29.8 Å². The number of carbonyl (C=O) groups is 1. The van der Waals surface area contributed by atoms with Crippen LogP contribution in [0.1, 0.15) is 18.1 Å². The molecule has 0 bridgehead atoms. The number of nitrogen functional groups attached to an aromatic ring is 1. The summed E-state index contributed by atoms with van der Waals surface area (Å²) in [6, 6.07) is 6.93. The van der Waals surface area contributed by atoms with E-state index in [1.165, 1.54) is 31.2 Å². The van der Waals surface area contributed by atoms with Crippen LogP contribution < -0.4 is 21.1 Å². The van der Waals surface area contributed by atoms with Crippen LogP contribution >= 0.6 is 0 Å². The van der Waals surface area contributed by atoms with Crippen LogP contribution in [0.4, 0.5) is 48.3 Å². The second-order valence-corrected chi connectivity index (χ2v) is 12.0. The molecule has 0 aliphatic heterocycles. The molecule has 1 unspecified atom stereocenters. The van der Waals surface area contributed by atoms with Crippen molar-refractivity contribution in [2.75, 3.05) is 30.0 Å². The molecular formula is C28H25F6N7O5S. The minimum atomic E-state index is -4.85. The standard InChI is InChI=1S/C28H25F6N7O5S/c1-15(42)14-41(2)47(44,45)23-8-5-17(27(29,30)31)10-22(23)40-25(43)39-19-12-37-26(38-13-19)46-20-6-3-16(4-7-20)21-9-18(28(32,33)34)11-36-24(21)35/h3-13,15,42H,14H2,1-2H3,(H2,35,36)(H2,39,40,43).